The summed E-state index contributed by atoms with van der Waals surface area (Å²) in [5.41, 5.74) is 6.66. The molecule has 0 aliphatic rings. The first-order valence-electron chi connectivity index (χ1n) is 9.57. The smallest absolute Gasteiger partial charge is 0.138 e. The molecule has 31 heavy (non-hydrogen) atoms. The van der Waals surface area contributed by atoms with E-state index in [1.807, 2.05) is 57.2 Å². The minimum absolute atomic E-state index is 0.899. The Bertz CT molecular complexity index is 1210. The third-order valence-corrected chi connectivity index (χ3v) is 4.54. The summed E-state index contributed by atoms with van der Waals surface area (Å²) in [5.74, 6) is 0.899. The van der Waals surface area contributed by atoms with Gasteiger partial charge in [-0.1, -0.05) is 35.9 Å². The van der Waals surface area contributed by atoms with Crippen LogP contribution in [0.15, 0.2) is 79.0 Å². The second-order valence-electron chi connectivity index (χ2n) is 6.50. The van der Waals surface area contributed by atoms with Gasteiger partial charge in [-0.15, -0.1) is 0 Å². The van der Waals surface area contributed by atoms with E-state index >= 15 is 0 Å². The van der Waals surface area contributed by atoms with E-state index < -0.39 is 0 Å². The number of aryl methyl sites for hydroxylation is 1. The van der Waals surface area contributed by atoms with Crippen molar-refractivity contribution in [1.82, 2.24) is 15.0 Å². The molecule has 0 bridgehead atoms. The Hall–Kier alpha value is -4.19. The van der Waals surface area contributed by atoms with Gasteiger partial charge in [0.05, 0.1) is 11.0 Å². The monoisotopic (exact) mass is 414 g/mol. The van der Waals surface area contributed by atoms with Crippen LogP contribution in [-0.4, -0.2) is 35.6 Å². The molecule has 3 aromatic carbocycles. The van der Waals surface area contributed by atoms with Crippen LogP contribution >= 0.6 is 0 Å². The van der Waals surface area contributed by atoms with Crippen LogP contribution in [0.1, 0.15) is 5.56 Å². The van der Waals surface area contributed by atoms with Gasteiger partial charge in [-0.05, 0) is 49.4 Å². The first-order valence-corrected chi connectivity index (χ1v) is 9.57. The van der Waals surface area contributed by atoms with E-state index in [0.29, 0.717) is 0 Å². The number of hydrogen-bond acceptors (Lipinski definition) is 4. The maximum atomic E-state index is 8.00. The Morgan fingerprint density at radius 3 is 2.23 bits per heavy atom. The summed E-state index contributed by atoms with van der Waals surface area (Å²) in [7, 11) is 1.91. The van der Waals surface area contributed by atoms with E-state index in [2.05, 4.69) is 69.7 Å². The molecule has 0 amide bonds. The average molecular weight is 415 g/mol. The number of aromatic nitrogens is 3. The molecular formula is C25H26N4O2. The molecule has 0 atom stereocenters. The van der Waals surface area contributed by atoms with Crippen molar-refractivity contribution in [1.29, 1.82) is 0 Å². The quantitative estimate of drug-likeness (QED) is 0.362. The average Bonchev–Trinajstić information content (AvgIpc) is 3.48. The third kappa shape index (κ3) is 5.90. The number of aromatic amines is 2. The lowest BCUT2D eigenvalue weighted by Crippen LogP contribution is -1.86. The number of fused-ring (bicyclic) bond motifs is 2. The van der Waals surface area contributed by atoms with Gasteiger partial charge in [-0.25, -0.2) is 4.98 Å². The normalized spacial score (nSPS) is 9.48. The predicted octanol–water partition coefficient (Wildman–Crippen LogP) is 5.38. The number of benzene rings is 3. The molecule has 6 nitrogen and oxygen atoms in total. The van der Waals surface area contributed by atoms with E-state index in [-0.39, 0.29) is 0 Å². The van der Waals surface area contributed by atoms with E-state index in [9.17, 15) is 0 Å². The summed E-state index contributed by atoms with van der Waals surface area (Å²) in [6.07, 6.45) is 1.95. The molecule has 0 saturated heterocycles. The zero-order valence-corrected chi connectivity index (χ0v) is 17.7. The fourth-order valence-corrected chi connectivity index (χ4v) is 3.04. The maximum Gasteiger partial charge on any atom is 0.138 e. The van der Waals surface area contributed by atoms with Crippen molar-refractivity contribution < 1.29 is 9.59 Å². The summed E-state index contributed by atoms with van der Waals surface area (Å²) in [6.45, 7) is 6.08. The highest BCUT2D eigenvalue weighted by atomic mass is 16.1. The third-order valence-electron chi connectivity index (χ3n) is 4.54. The highest BCUT2D eigenvalue weighted by molar-refractivity contribution is 5.87. The first-order chi connectivity index (χ1) is 15.2. The van der Waals surface area contributed by atoms with Crippen LogP contribution in [0.2, 0.25) is 0 Å². The van der Waals surface area contributed by atoms with Gasteiger partial charge in [0.25, 0.3) is 0 Å². The van der Waals surface area contributed by atoms with E-state index in [0.717, 1.165) is 33.6 Å². The molecule has 0 radical (unpaired) electrons. The molecule has 2 aromatic heterocycles. The minimum Gasteiger partial charge on any atom is -0.388 e. The Morgan fingerprint density at radius 1 is 0.839 bits per heavy atom. The van der Waals surface area contributed by atoms with Gasteiger partial charge < -0.3 is 24.9 Å². The van der Waals surface area contributed by atoms with Crippen LogP contribution in [0.3, 0.4) is 0 Å². The second-order valence-corrected chi connectivity index (χ2v) is 6.50. The number of carbonyl (C=O) groups is 2. The predicted molar refractivity (Wildman–Crippen MR) is 128 cm³/mol. The Labute approximate surface area is 181 Å². The lowest BCUT2D eigenvalue weighted by molar-refractivity contribution is -0.0987. The summed E-state index contributed by atoms with van der Waals surface area (Å²) in [5, 5.41) is 4.33. The zero-order chi connectivity index (χ0) is 22.6. The number of imidazole rings is 1. The molecule has 0 unspecified atom stereocenters. The van der Waals surface area contributed by atoms with Gasteiger partial charge in [-0.3, -0.25) is 0 Å². The fourth-order valence-electron chi connectivity index (χ4n) is 3.04. The number of anilines is 1. The molecule has 0 aliphatic heterocycles. The lowest BCUT2D eigenvalue weighted by atomic mass is 10.1. The standard InChI is InChI=1S/C16H14N4.C7H8.2CH2O/c1-17-12-3-5-14-15(9-12)20-16(19-14)11-2-4-13-10(8-11)6-7-18-13;1-7-5-3-2-4-6-7;2*1-2/h2-9,17-18H,1H3,(H,19,20);2-6H,1H3;2*1H2. The maximum absolute atomic E-state index is 8.00. The minimum atomic E-state index is 0.899. The van der Waals surface area contributed by atoms with Crippen molar-refractivity contribution in [3.05, 3.63) is 84.6 Å². The van der Waals surface area contributed by atoms with Gasteiger partial charge in [0.1, 0.15) is 19.4 Å². The van der Waals surface area contributed by atoms with Gasteiger partial charge >= 0.3 is 0 Å². The molecule has 6 heteroatoms. The van der Waals surface area contributed by atoms with Crippen molar-refractivity contribution in [2.24, 2.45) is 0 Å². The first kappa shape index (κ1) is 23.1. The number of hydrogen-bond donors (Lipinski definition) is 3. The fraction of sp³-hybridized carbons (Fsp3) is 0.0800. The second kappa shape index (κ2) is 11.7. The van der Waals surface area contributed by atoms with Crippen molar-refractivity contribution in [2.45, 2.75) is 6.92 Å². The van der Waals surface area contributed by atoms with E-state index in [1.165, 1.54) is 10.9 Å². The van der Waals surface area contributed by atoms with Gasteiger partial charge in [0, 0.05) is 35.4 Å². The molecule has 0 saturated carbocycles. The van der Waals surface area contributed by atoms with Crippen molar-refractivity contribution in [3.63, 3.8) is 0 Å². The Balaban J connectivity index is 0.000000261. The van der Waals surface area contributed by atoms with Crippen LogP contribution in [0, 0.1) is 6.92 Å². The highest BCUT2D eigenvalue weighted by Crippen LogP contribution is 2.25. The number of nitrogens with one attached hydrogen (secondary N) is 3. The van der Waals surface area contributed by atoms with Gasteiger partial charge in [-0.2, -0.15) is 0 Å². The molecular weight excluding hydrogens is 388 g/mol. The van der Waals surface area contributed by atoms with Gasteiger partial charge in [0.15, 0.2) is 0 Å². The van der Waals surface area contributed by atoms with Crippen molar-refractivity contribution in [2.75, 3.05) is 12.4 Å². The molecule has 2 heterocycles. The summed E-state index contributed by atoms with van der Waals surface area (Å²) in [4.78, 5) is 27.2. The molecule has 3 N–H and O–H groups in total. The molecule has 0 fully saturated rings. The summed E-state index contributed by atoms with van der Waals surface area (Å²) in [6, 6.07) is 24.8. The van der Waals surface area contributed by atoms with E-state index in [1.54, 1.807) is 0 Å². The Morgan fingerprint density at radius 2 is 1.58 bits per heavy atom. The zero-order valence-electron chi connectivity index (χ0n) is 17.7. The number of rotatable bonds is 2. The van der Waals surface area contributed by atoms with E-state index in [4.69, 9.17) is 9.59 Å². The van der Waals surface area contributed by atoms with Crippen LogP contribution in [0.25, 0.3) is 33.3 Å². The Kier molecular flexibility index (Phi) is 8.73. The van der Waals surface area contributed by atoms with Crippen LogP contribution in [0.5, 0.6) is 0 Å². The summed E-state index contributed by atoms with van der Waals surface area (Å²) >= 11 is 0. The molecule has 0 aliphatic carbocycles. The summed E-state index contributed by atoms with van der Waals surface area (Å²) < 4.78 is 0. The number of carbonyl (C=O) groups excluding carboxylic acids is 2. The van der Waals surface area contributed by atoms with Crippen molar-refractivity contribution in [3.8, 4) is 11.4 Å². The molecule has 158 valence electrons. The molecule has 0 spiro atoms. The van der Waals surface area contributed by atoms with Crippen molar-refractivity contribution >= 4 is 41.2 Å². The SMILES string of the molecule is C=O.C=O.CNc1ccc2nc(-c3ccc4[nH]ccc4c3)[nH]c2c1.Cc1ccccc1. The highest BCUT2D eigenvalue weighted by Gasteiger charge is 2.06. The van der Waals surface area contributed by atoms with Gasteiger partial charge in [0.2, 0.25) is 0 Å². The van der Waals surface area contributed by atoms with Crippen LogP contribution in [-0.2, 0) is 9.59 Å². The molecule has 5 aromatic rings. The lowest BCUT2D eigenvalue weighted by Gasteiger charge is -1.97. The number of nitrogens with zero attached hydrogens (tertiary/aromatic N) is 1. The topological polar surface area (TPSA) is 90.6 Å². The largest absolute Gasteiger partial charge is 0.388 e. The van der Waals surface area contributed by atoms with Crippen LogP contribution in [0.4, 0.5) is 5.69 Å². The molecule has 5 rings (SSSR count). The number of H-pyrrole nitrogens is 2. The van der Waals surface area contributed by atoms with Crippen LogP contribution < -0.4 is 5.32 Å².